The van der Waals surface area contributed by atoms with Crippen molar-refractivity contribution in [1.29, 1.82) is 0 Å². The van der Waals surface area contributed by atoms with Gasteiger partial charge in [0.25, 0.3) is 11.3 Å². The van der Waals surface area contributed by atoms with Gasteiger partial charge in [-0.1, -0.05) is 18.2 Å². The fourth-order valence-electron chi connectivity index (χ4n) is 3.74. The number of aromatic nitrogens is 4. The lowest BCUT2D eigenvalue weighted by atomic mass is 9.99. The number of aryl methyl sites for hydroxylation is 3. The van der Waals surface area contributed by atoms with Crippen molar-refractivity contribution in [1.82, 2.24) is 24.5 Å². The van der Waals surface area contributed by atoms with Crippen molar-refractivity contribution in [3.8, 4) is 0 Å². The predicted molar refractivity (Wildman–Crippen MR) is 102 cm³/mol. The van der Waals surface area contributed by atoms with Crippen LogP contribution in [0.3, 0.4) is 0 Å². The second-order valence-corrected chi connectivity index (χ2v) is 7.31. The quantitative estimate of drug-likeness (QED) is 0.772. The Labute approximate surface area is 157 Å². The van der Waals surface area contributed by atoms with Gasteiger partial charge in [-0.3, -0.25) is 14.7 Å². The molecule has 0 spiro atoms. The maximum absolute atomic E-state index is 12.9. The molecule has 0 bridgehead atoms. The summed E-state index contributed by atoms with van der Waals surface area (Å²) in [7, 11) is 0. The molecule has 27 heavy (non-hydrogen) atoms. The van der Waals surface area contributed by atoms with Crippen molar-refractivity contribution < 1.29 is 4.79 Å². The van der Waals surface area contributed by atoms with Crippen LogP contribution in [-0.2, 0) is 11.2 Å². The molecule has 7 nitrogen and oxygen atoms in total. The molecule has 1 N–H and O–H groups in total. The van der Waals surface area contributed by atoms with E-state index in [1.807, 2.05) is 4.90 Å². The van der Waals surface area contributed by atoms with Gasteiger partial charge in [0, 0.05) is 18.3 Å². The summed E-state index contributed by atoms with van der Waals surface area (Å²) in [6.45, 7) is 6.68. The Bertz CT molecular complexity index is 1080. The van der Waals surface area contributed by atoms with Gasteiger partial charge < -0.3 is 4.90 Å². The Morgan fingerprint density at radius 3 is 2.78 bits per heavy atom. The van der Waals surface area contributed by atoms with E-state index in [4.69, 9.17) is 0 Å². The molecule has 1 atom stereocenters. The minimum Gasteiger partial charge on any atom is -0.335 e. The summed E-state index contributed by atoms with van der Waals surface area (Å²) < 4.78 is 1.28. The number of fused-ring (bicyclic) bond motifs is 1. The topological polar surface area (TPSA) is 83.4 Å². The highest BCUT2D eigenvalue weighted by Crippen LogP contribution is 2.33. The molecule has 3 aromatic rings. The van der Waals surface area contributed by atoms with Crippen LogP contribution < -0.4 is 5.56 Å². The monoisotopic (exact) mass is 365 g/mol. The van der Waals surface area contributed by atoms with Crippen LogP contribution in [0.4, 0.5) is 0 Å². The van der Waals surface area contributed by atoms with Gasteiger partial charge in [-0.05, 0) is 50.3 Å². The lowest BCUT2D eigenvalue weighted by Crippen LogP contribution is -2.32. The summed E-state index contributed by atoms with van der Waals surface area (Å²) in [6, 6.07) is 7.95. The zero-order valence-corrected chi connectivity index (χ0v) is 15.8. The Balaban J connectivity index is 1.57. The molecule has 0 radical (unpaired) electrons. The lowest BCUT2D eigenvalue weighted by Gasteiger charge is -2.25. The van der Waals surface area contributed by atoms with Gasteiger partial charge in [-0.15, -0.1) is 0 Å². The molecule has 1 unspecified atom stereocenters. The van der Waals surface area contributed by atoms with Crippen molar-refractivity contribution in [3.63, 3.8) is 0 Å². The number of nitrogens with zero attached hydrogens (tertiary/aromatic N) is 4. The second kappa shape index (κ2) is 6.64. The fraction of sp³-hybridized carbons (Fsp3) is 0.400. The number of benzene rings is 1. The first-order valence-electron chi connectivity index (χ1n) is 9.24. The van der Waals surface area contributed by atoms with E-state index in [1.54, 1.807) is 6.92 Å². The molecule has 1 aromatic carbocycles. The number of carbonyl (C=O) groups is 1. The number of hydrogen-bond donors (Lipinski definition) is 1. The molecule has 7 heteroatoms. The van der Waals surface area contributed by atoms with E-state index in [0.717, 1.165) is 19.4 Å². The number of nitrogens with one attached hydrogen (secondary N) is 1. The van der Waals surface area contributed by atoms with Gasteiger partial charge in [-0.25, -0.2) is 4.98 Å². The van der Waals surface area contributed by atoms with Crippen LogP contribution in [0, 0.1) is 20.8 Å². The van der Waals surface area contributed by atoms with E-state index in [1.165, 1.54) is 27.3 Å². The van der Waals surface area contributed by atoms with Crippen LogP contribution in [0.15, 0.2) is 29.1 Å². The van der Waals surface area contributed by atoms with Crippen molar-refractivity contribution in [2.75, 3.05) is 6.54 Å². The molecular formula is C20H23N5O2. The van der Waals surface area contributed by atoms with E-state index >= 15 is 0 Å². The number of carbonyl (C=O) groups excluding carboxylic acids is 1. The summed E-state index contributed by atoms with van der Waals surface area (Å²) in [5.41, 5.74) is 4.06. The molecule has 0 saturated carbocycles. The number of amides is 1. The first-order valence-corrected chi connectivity index (χ1v) is 9.24. The largest absolute Gasteiger partial charge is 0.335 e. The van der Waals surface area contributed by atoms with Crippen molar-refractivity contribution in [2.45, 2.75) is 46.1 Å². The Morgan fingerprint density at radius 1 is 1.19 bits per heavy atom. The van der Waals surface area contributed by atoms with Gasteiger partial charge >= 0.3 is 0 Å². The van der Waals surface area contributed by atoms with Crippen molar-refractivity contribution in [2.24, 2.45) is 0 Å². The average Bonchev–Trinajstić information content (AvgIpc) is 3.24. The molecule has 1 amide bonds. The Hall–Kier alpha value is -2.96. The summed E-state index contributed by atoms with van der Waals surface area (Å²) in [5.74, 6) is 0.774. The Kier molecular flexibility index (Phi) is 4.30. The zero-order chi connectivity index (χ0) is 19.1. The maximum atomic E-state index is 12.9. The fourth-order valence-corrected chi connectivity index (χ4v) is 3.74. The molecule has 1 aliphatic heterocycles. The molecule has 140 valence electrons. The van der Waals surface area contributed by atoms with Crippen LogP contribution in [0.25, 0.3) is 5.78 Å². The normalized spacial score (nSPS) is 17.0. The minimum atomic E-state index is -0.224. The molecule has 1 fully saturated rings. The summed E-state index contributed by atoms with van der Waals surface area (Å²) in [6.07, 6.45) is 2.08. The minimum absolute atomic E-state index is 0.0135. The SMILES string of the molecule is Cc1cc(=O)n2[nH]c(CC(=O)N3CCCC3c3ccc(C)c(C)c3)nc2n1. The van der Waals surface area contributed by atoms with E-state index < -0.39 is 0 Å². The average molecular weight is 365 g/mol. The second-order valence-electron chi connectivity index (χ2n) is 7.31. The number of rotatable bonds is 3. The maximum Gasteiger partial charge on any atom is 0.274 e. The van der Waals surface area contributed by atoms with Gasteiger partial charge in [0.15, 0.2) is 0 Å². The van der Waals surface area contributed by atoms with Gasteiger partial charge in [0.05, 0.1) is 12.5 Å². The number of hydrogen-bond acceptors (Lipinski definition) is 4. The van der Waals surface area contributed by atoms with Gasteiger partial charge in [0.1, 0.15) is 5.82 Å². The first kappa shape index (κ1) is 17.5. The van der Waals surface area contributed by atoms with Crippen LogP contribution in [0.1, 0.15) is 47.1 Å². The molecule has 1 aliphatic rings. The third-order valence-electron chi connectivity index (χ3n) is 5.31. The standard InChI is InChI=1S/C20H23N5O2/c1-12-6-7-15(9-13(12)2)16-5-4-8-24(16)18(26)11-17-22-20-21-14(3)10-19(27)25(20)23-17/h6-7,9-10,16H,4-5,8,11H2,1-3H3,(H,21,22,23). The predicted octanol–water partition coefficient (Wildman–Crippen LogP) is 2.25. The highest BCUT2D eigenvalue weighted by Gasteiger charge is 2.30. The molecule has 2 aromatic heterocycles. The molecular weight excluding hydrogens is 342 g/mol. The number of likely N-dealkylation sites (tertiary alicyclic amines) is 1. The zero-order valence-electron chi connectivity index (χ0n) is 15.8. The third kappa shape index (κ3) is 3.25. The van der Waals surface area contributed by atoms with Gasteiger partial charge in [0.2, 0.25) is 5.91 Å². The Morgan fingerprint density at radius 2 is 2.00 bits per heavy atom. The van der Waals surface area contributed by atoms with Crippen LogP contribution >= 0.6 is 0 Å². The van der Waals surface area contributed by atoms with E-state index in [2.05, 4.69) is 47.1 Å². The van der Waals surface area contributed by atoms with Crippen LogP contribution in [0.5, 0.6) is 0 Å². The summed E-state index contributed by atoms with van der Waals surface area (Å²) in [5, 5.41) is 2.90. The highest BCUT2D eigenvalue weighted by atomic mass is 16.2. The van der Waals surface area contributed by atoms with Crippen LogP contribution in [0.2, 0.25) is 0 Å². The highest BCUT2D eigenvalue weighted by molar-refractivity contribution is 5.79. The lowest BCUT2D eigenvalue weighted by molar-refractivity contribution is -0.131. The van der Waals surface area contributed by atoms with Crippen molar-refractivity contribution >= 4 is 11.7 Å². The smallest absolute Gasteiger partial charge is 0.274 e. The van der Waals surface area contributed by atoms with Gasteiger partial charge in [-0.2, -0.15) is 9.50 Å². The van der Waals surface area contributed by atoms with E-state index in [-0.39, 0.29) is 23.9 Å². The third-order valence-corrected chi connectivity index (χ3v) is 5.31. The summed E-state index contributed by atoms with van der Waals surface area (Å²) >= 11 is 0. The van der Waals surface area contributed by atoms with E-state index in [0.29, 0.717) is 17.3 Å². The van der Waals surface area contributed by atoms with E-state index in [9.17, 15) is 9.59 Å². The molecule has 4 rings (SSSR count). The molecule has 0 aliphatic carbocycles. The molecule has 3 heterocycles. The molecule has 1 saturated heterocycles. The number of H-pyrrole nitrogens is 1. The first-order chi connectivity index (χ1) is 12.9. The number of aromatic amines is 1. The van der Waals surface area contributed by atoms with Crippen molar-refractivity contribution in [3.05, 3.63) is 62.8 Å². The summed E-state index contributed by atoms with van der Waals surface area (Å²) in [4.78, 5) is 35.4. The van der Waals surface area contributed by atoms with Crippen LogP contribution in [-0.4, -0.2) is 36.9 Å².